The molecule has 3 heteroatoms. The number of rotatable bonds is 16. The summed E-state index contributed by atoms with van der Waals surface area (Å²) in [6.45, 7) is 8.73. The van der Waals surface area contributed by atoms with Crippen LogP contribution in [0.2, 0.25) is 0 Å². The minimum atomic E-state index is -0.720. The molecule has 0 amide bonds. The summed E-state index contributed by atoms with van der Waals surface area (Å²) in [6.07, 6.45) is 20.1. The van der Waals surface area contributed by atoms with Crippen molar-refractivity contribution in [3.63, 3.8) is 0 Å². The molecule has 0 rings (SSSR count). The first kappa shape index (κ1) is 27.8. The molecule has 0 heterocycles. The van der Waals surface area contributed by atoms with E-state index in [0.717, 1.165) is 12.3 Å². The van der Waals surface area contributed by atoms with E-state index in [0.29, 0.717) is 0 Å². The number of nitrogens with two attached hydrogens (primary N) is 1. The van der Waals surface area contributed by atoms with Crippen LogP contribution in [-0.2, 0) is 0 Å². The van der Waals surface area contributed by atoms with Crippen LogP contribution in [0.4, 0.5) is 0 Å². The summed E-state index contributed by atoms with van der Waals surface area (Å²) in [4.78, 5) is 0. The van der Waals surface area contributed by atoms with Gasteiger partial charge < -0.3 is 15.9 Å². The van der Waals surface area contributed by atoms with E-state index in [1.807, 2.05) is 6.08 Å². The van der Waals surface area contributed by atoms with E-state index in [1.165, 1.54) is 77.0 Å². The SMILES string of the molecule is CCC(C)C.CCCCCCCCCCCCC/C=C/C(O)C(N)CO. The largest absolute Gasteiger partial charge is 0.395 e. The van der Waals surface area contributed by atoms with E-state index in [1.54, 1.807) is 6.08 Å². The Morgan fingerprint density at radius 1 is 0.808 bits per heavy atom. The van der Waals surface area contributed by atoms with Crippen molar-refractivity contribution in [3.05, 3.63) is 12.2 Å². The summed E-state index contributed by atoms with van der Waals surface area (Å²) < 4.78 is 0. The lowest BCUT2D eigenvalue weighted by atomic mass is 10.0. The first-order chi connectivity index (χ1) is 12.5. The van der Waals surface area contributed by atoms with E-state index in [2.05, 4.69) is 27.7 Å². The van der Waals surface area contributed by atoms with Gasteiger partial charge in [-0.05, 0) is 18.8 Å². The van der Waals surface area contributed by atoms with Gasteiger partial charge in [0.15, 0.2) is 0 Å². The Morgan fingerprint density at radius 3 is 1.62 bits per heavy atom. The lowest BCUT2D eigenvalue weighted by molar-refractivity contribution is 0.144. The molecule has 0 aliphatic rings. The highest BCUT2D eigenvalue weighted by Crippen LogP contribution is 2.12. The molecule has 158 valence electrons. The lowest BCUT2D eigenvalue weighted by Gasteiger charge is -2.11. The Morgan fingerprint density at radius 2 is 1.23 bits per heavy atom. The predicted octanol–water partition coefficient (Wildman–Crippen LogP) is 5.98. The van der Waals surface area contributed by atoms with Gasteiger partial charge in [0.2, 0.25) is 0 Å². The molecule has 3 nitrogen and oxygen atoms in total. The van der Waals surface area contributed by atoms with Gasteiger partial charge >= 0.3 is 0 Å². The van der Waals surface area contributed by atoms with Gasteiger partial charge in [-0.1, -0.05) is 110 Å². The molecule has 0 aliphatic heterocycles. The van der Waals surface area contributed by atoms with Crippen LogP contribution in [0.3, 0.4) is 0 Å². The second kappa shape index (κ2) is 22.7. The zero-order valence-corrected chi connectivity index (χ0v) is 18.3. The third-order valence-corrected chi connectivity index (χ3v) is 4.77. The number of unbranched alkanes of at least 4 members (excludes halogenated alkanes) is 11. The molecule has 4 N–H and O–H groups in total. The van der Waals surface area contributed by atoms with Gasteiger partial charge in [0.1, 0.15) is 0 Å². The Balaban J connectivity index is 0. The number of hydrogen-bond acceptors (Lipinski definition) is 3. The first-order valence-corrected chi connectivity index (χ1v) is 11.2. The van der Waals surface area contributed by atoms with Crippen LogP contribution in [0.1, 0.15) is 111 Å². The number of allylic oxidation sites excluding steroid dienone is 1. The number of aliphatic hydroxyl groups is 2. The molecule has 0 radical (unpaired) electrons. The van der Waals surface area contributed by atoms with Crippen LogP contribution in [0.15, 0.2) is 12.2 Å². The van der Waals surface area contributed by atoms with Crippen molar-refractivity contribution in [1.29, 1.82) is 0 Å². The summed E-state index contributed by atoms with van der Waals surface area (Å²) in [6, 6.07) is -0.557. The van der Waals surface area contributed by atoms with E-state index in [9.17, 15) is 5.11 Å². The Bertz CT molecular complexity index is 279. The molecule has 0 aromatic rings. The molecule has 0 aromatic heterocycles. The second-order valence-corrected chi connectivity index (χ2v) is 7.89. The van der Waals surface area contributed by atoms with Crippen LogP contribution in [0, 0.1) is 5.92 Å². The Hall–Kier alpha value is -0.380. The van der Waals surface area contributed by atoms with Gasteiger partial charge in [-0.3, -0.25) is 0 Å². The normalized spacial score (nSPS) is 13.7. The van der Waals surface area contributed by atoms with Crippen LogP contribution in [0.5, 0.6) is 0 Å². The molecule has 0 bridgehead atoms. The first-order valence-electron chi connectivity index (χ1n) is 11.2. The van der Waals surface area contributed by atoms with E-state index in [4.69, 9.17) is 10.8 Å². The van der Waals surface area contributed by atoms with Gasteiger partial charge in [-0.25, -0.2) is 0 Å². The van der Waals surface area contributed by atoms with Crippen molar-refractivity contribution in [2.75, 3.05) is 6.61 Å². The standard InChI is InChI=1S/C18H37NO2.C5H12/c1-2-3-4-5-6-7-8-9-10-11-12-13-14-15-18(21)17(19)16-20;1-4-5(2)3/h14-15,17-18,20-21H,2-13,16,19H2,1H3;5H,4H2,1-3H3/b15-14+;. The Kier molecular flexibility index (Phi) is 24.3. The molecular formula is C23H49NO2. The van der Waals surface area contributed by atoms with Crippen molar-refractivity contribution in [1.82, 2.24) is 0 Å². The van der Waals surface area contributed by atoms with E-state index in [-0.39, 0.29) is 6.61 Å². The quantitative estimate of drug-likeness (QED) is 0.231. The number of aliphatic hydroxyl groups excluding tert-OH is 2. The molecule has 26 heavy (non-hydrogen) atoms. The second-order valence-electron chi connectivity index (χ2n) is 7.89. The van der Waals surface area contributed by atoms with Crippen molar-refractivity contribution in [2.24, 2.45) is 11.7 Å². The minimum Gasteiger partial charge on any atom is -0.395 e. The molecule has 0 fully saturated rings. The summed E-state index contributed by atoms with van der Waals surface area (Å²) in [5, 5.41) is 18.3. The molecule has 2 unspecified atom stereocenters. The van der Waals surface area contributed by atoms with Crippen LogP contribution >= 0.6 is 0 Å². The highest BCUT2D eigenvalue weighted by Gasteiger charge is 2.08. The maximum absolute atomic E-state index is 9.52. The summed E-state index contributed by atoms with van der Waals surface area (Å²) in [5.41, 5.74) is 5.51. The van der Waals surface area contributed by atoms with E-state index >= 15 is 0 Å². The van der Waals surface area contributed by atoms with Gasteiger partial charge in [0, 0.05) is 0 Å². The van der Waals surface area contributed by atoms with Gasteiger partial charge in [-0.2, -0.15) is 0 Å². The van der Waals surface area contributed by atoms with Crippen molar-refractivity contribution >= 4 is 0 Å². The molecule has 0 spiro atoms. The van der Waals surface area contributed by atoms with Crippen LogP contribution in [-0.4, -0.2) is 29.0 Å². The molecule has 0 saturated heterocycles. The average molecular weight is 372 g/mol. The fraction of sp³-hybridized carbons (Fsp3) is 0.913. The maximum Gasteiger partial charge on any atom is 0.0894 e. The van der Waals surface area contributed by atoms with Crippen LogP contribution < -0.4 is 5.73 Å². The van der Waals surface area contributed by atoms with Gasteiger partial charge in [-0.15, -0.1) is 0 Å². The fourth-order valence-electron chi connectivity index (χ4n) is 2.41. The minimum absolute atomic E-state index is 0.177. The molecule has 0 aromatic carbocycles. The summed E-state index contributed by atoms with van der Waals surface area (Å²) >= 11 is 0. The zero-order valence-electron chi connectivity index (χ0n) is 18.3. The smallest absolute Gasteiger partial charge is 0.0894 e. The monoisotopic (exact) mass is 371 g/mol. The summed E-state index contributed by atoms with van der Waals surface area (Å²) in [5.74, 6) is 0.884. The molecular weight excluding hydrogens is 322 g/mol. The summed E-state index contributed by atoms with van der Waals surface area (Å²) in [7, 11) is 0. The zero-order chi connectivity index (χ0) is 20.0. The highest BCUT2D eigenvalue weighted by atomic mass is 16.3. The average Bonchev–Trinajstić information content (AvgIpc) is 2.64. The van der Waals surface area contributed by atoms with Crippen molar-refractivity contribution in [3.8, 4) is 0 Å². The third-order valence-electron chi connectivity index (χ3n) is 4.77. The fourth-order valence-corrected chi connectivity index (χ4v) is 2.41. The van der Waals surface area contributed by atoms with Crippen LogP contribution in [0.25, 0.3) is 0 Å². The lowest BCUT2D eigenvalue weighted by Crippen LogP contribution is -2.36. The maximum atomic E-state index is 9.52. The van der Waals surface area contributed by atoms with E-state index < -0.39 is 12.1 Å². The van der Waals surface area contributed by atoms with Gasteiger partial charge in [0.25, 0.3) is 0 Å². The molecule has 0 aliphatic carbocycles. The van der Waals surface area contributed by atoms with Crippen molar-refractivity contribution < 1.29 is 10.2 Å². The molecule has 0 saturated carbocycles. The van der Waals surface area contributed by atoms with Crippen molar-refractivity contribution in [2.45, 2.75) is 123 Å². The predicted molar refractivity (Wildman–Crippen MR) is 116 cm³/mol. The topological polar surface area (TPSA) is 66.5 Å². The molecule has 2 atom stereocenters. The highest BCUT2D eigenvalue weighted by molar-refractivity contribution is 4.93. The number of hydrogen-bond donors (Lipinski definition) is 3. The van der Waals surface area contributed by atoms with Gasteiger partial charge in [0.05, 0.1) is 18.8 Å². The third kappa shape index (κ3) is 23.6. The Labute approximate surface area is 164 Å².